The molecule has 0 spiro atoms. The van der Waals surface area contributed by atoms with Crippen LogP contribution in [0, 0.1) is 0 Å². The summed E-state index contributed by atoms with van der Waals surface area (Å²) in [5.74, 6) is -1.76. The number of hydrogen-bond acceptors (Lipinski definition) is 5. The third kappa shape index (κ3) is 5.17. The van der Waals surface area contributed by atoms with Gasteiger partial charge in [-0.25, -0.2) is 4.79 Å². The van der Waals surface area contributed by atoms with Gasteiger partial charge in [0, 0.05) is 13.1 Å². The van der Waals surface area contributed by atoms with Gasteiger partial charge >= 0.3 is 5.97 Å². The van der Waals surface area contributed by atoms with Crippen molar-refractivity contribution < 1.29 is 23.9 Å². The van der Waals surface area contributed by atoms with Gasteiger partial charge in [0.15, 0.2) is 6.61 Å². The van der Waals surface area contributed by atoms with Crippen LogP contribution >= 0.6 is 0 Å². The normalized spacial score (nSPS) is 13.7. The number of imide groups is 1. The van der Waals surface area contributed by atoms with Crippen LogP contribution in [0.1, 0.15) is 69.2 Å². The van der Waals surface area contributed by atoms with E-state index >= 15 is 0 Å². The second-order valence-electron chi connectivity index (χ2n) is 7.57. The molecule has 1 heterocycles. The van der Waals surface area contributed by atoms with Gasteiger partial charge in [-0.1, -0.05) is 50.6 Å². The molecule has 0 saturated carbocycles. The molecule has 1 N–H and O–H groups in total. The highest BCUT2D eigenvalue weighted by atomic mass is 16.5. The number of fused-ring (bicyclic) bond motifs is 1. The van der Waals surface area contributed by atoms with Crippen LogP contribution in [0.25, 0.3) is 0 Å². The van der Waals surface area contributed by atoms with Crippen LogP contribution in [-0.4, -0.2) is 48.3 Å². The third-order valence-electron chi connectivity index (χ3n) is 5.25. The molecule has 2 aromatic carbocycles. The molecule has 7 nitrogen and oxygen atoms in total. The molecule has 1 aliphatic rings. The molecular formula is C24H26N2O5. The summed E-state index contributed by atoms with van der Waals surface area (Å²) in [4.78, 5) is 50.5. The summed E-state index contributed by atoms with van der Waals surface area (Å²) in [6, 6.07) is 14.0. The van der Waals surface area contributed by atoms with Crippen LogP contribution in [-0.2, 0) is 9.53 Å². The van der Waals surface area contributed by atoms with E-state index in [1.807, 2.05) is 44.2 Å². The number of nitrogens with one attached hydrogen (secondary N) is 1. The van der Waals surface area contributed by atoms with Crippen LogP contribution < -0.4 is 5.32 Å². The van der Waals surface area contributed by atoms with Gasteiger partial charge in [-0.2, -0.15) is 0 Å². The second kappa shape index (κ2) is 10.0. The van der Waals surface area contributed by atoms with Crippen LogP contribution in [0.15, 0.2) is 48.5 Å². The Kier molecular flexibility index (Phi) is 7.18. The number of carbonyl (C=O) groups excluding carboxylic acids is 4. The fraction of sp³-hybridized carbons (Fsp3) is 0.333. The van der Waals surface area contributed by atoms with Crippen molar-refractivity contribution >= 4 is 23.7 Å². The molecule has 7 heteroatoms. The smallest absolute Gasteiger partial charge is 0.338 e. The van der Waals surface area contributed by atoms with Gasteiger partial charge in [0.1, 0.15) is 0 Å². The number of benzene rings is 2. The van der Waals surface area contributed by atoms with Gasteiger partial charge in [0.2, 0.25) is 0 Å². The molecule has 3 amide bonds. The molecule has 0 radical (unpaired) electrons. The lowest BCUT2D eigenvalue weighted by Crippen LogP contribution is -2.31. The minimum Gasteiger partial charge on any atom is -0.452 e. The molecule has 3 rings (SSSR count). The Morgan fingerprint density at radius 1 is 1.03 bits per heavy atom. The average Bonchev–Trinajstić information content (AvgIpc) is 3.04. The van der Waals surface area contributed by atoms with Gasteiger partial charge in [-0.3, -0.25) is 19.3 Å². The van der Waals surface area contributed by atoms with Gasteiger partial charge in [-0.05, 0) is 36.1 Å². The molecule has 0 aromatic heterocycles. The van der Waals surface area contributed by atoms with Crippen molar-refractivity contribution in [3.05, 3.63) is 70.8 Å². The first kappa shape index (κ1) is 22.2. The zero-order valence-electron chi connectivity index (χ0n) is 17.7. The van der Waals surface area contributed by atoms with Crippen molar-refractivity contribution in [2.24, 2.45) is 0 Å². The Hall–Kier alpha value is -3.48. The molecule has 2 aromatic rings. The number of carbonyl (C=O) groups is 4. The van der Waals surface area contributed by atoms with E-state index in [4.69, 9.17) is 4.74 Å². The van der Waals surface area contributed by atoms with Crippen LogP contribution in [0.5, 0.6) is 0 Å². The summed E-state index contributed by atoms with van der Waals surface area (Å²) >= 11 is 0. The number of hydrogen-bond donors (Lipinski definition) is 1. The minimum absolute atomic E-state index is 0.122. The number of esters is 1. The van der Waals surface area contributed by atoms with Crippen molar-refractivity contribution in [1.29, 1.82) is 0 Å². The maximum atomic E-state index is 12.5. The van der Waals surface area contributed by atoms with E-state index in [0.29, 0.717) is 13.1 Å². The zero-order valence-corrected chi connectivity index (χ0v) is 17.7. The Bertz CT molecular complexity index is 987. The Morgan fingerprint density at radius 3 is 2.45 bits per heavy atom. The first-order chi connectivity index (χ1) is 14.9. The van der Waals surface area contributed by atoms with E-state index < -0.39 is 24.4 Å². The van der Waals surface area contributed by atoms with Crippen molar-refractivity contribution in [3.63, 3.8) is 0 Å². The minimum atomic E-state index is -0.721. The van der Waals surface area contributed by atoms with E-state index in [2.05, 4.69) is 5.32 Å². The third-order valence-corrected chi connectivity index (χ3v) is 5.25. The fourth-order valence-electron chi connectivity index (χ4n) is 3.37. The SMILES string of the molecule is CCCCN1C(=O)c2ccc(C(=O)OCC(=O)NC[C@@H](C)c3ccccc3)cc2C1=O. The lowest BCUT2D eigenvalue weighted by molar-refractivity contribution is -0.124. The highest BCUT2D eigenvalue weighted by molar-refractivity contribution is 6.21. The van der Waals surface area contributed by atoms with Crippen LogP contribution in [0.4, 0.5) is 0 Å². The lowest BCUT2D eigenvalue weighted by Gasteiger charge is -2.13. The Morgan fingerprint density at radius 2 is 1.74 bits per heavy atom. The molecule has 0 unspecified atom stereocenters. The van der Waals surface area contributed by atoms with Gasteiger partial charge in [0.25, 0.3) is 17.7 Å². The van der Waals surface area contributed by atoms with Gasteiger partial charge in [-0.15, -0.1) is 0 Å². The Labute approximate surface area is 181 Å². The molecule has 0 saturated heterocycles. The topological polar surface area (TPSA) is 92.8 Å². The molecule has 1 aliphatic heterocycles. The van der Waals surface area contributed by atoms with Crippen LogP contribution in [0.3, 0.4) is 0 Å². The maximum absolute atomic E-state index is 12.5. The second-order valence-corrected chi connectivity index (χ2v) is 7.57. The molecule has 1 atom stereocenters. The number of ether oxygens (including phenoxy) is 1. The molecular weight excluding hydrogens is 396 g/mol. The van der Waals surface area contributed by atoms with E-state index in [1.165, 1.54) is 23.1 Å². The van der Waals surface area contributed by atoms with Crippen molar-refractivity contribution in [2.75, 3.05) is 19.7 Å². The molecule has 162 valence electrons. The number of nitrogens with zero attached hydrogens (tertiary/aromatic N) is 1. The maximum Gasteiger partial charge on any atom is 0.338 e. The summed E-state index contributed by atoms with van der Waals surface area (Å²) < 4.78 is 5.08. The van der Waals surface area contributed by atoms with Crippen LogP contribution in [0.2, 0.25) is 0 Å². The molecule has 0 bridgehead atoms. The predicted molar refractivity (Wildman–Crippen MR) is 115 cm³/mol. The predicted octanol–water partition coefficient (Wildman–Crippen LogP) is 3.16. The quantitative estimate of drug-likeness (QED) is 0.495. The number of rotatable bonds is 9. The summed E-state index contributed by atoms with van der Waals surface area (Å²) in [6.45, 7) is 4.32. The number of unbranched alkanes of at least 4 members (excludes halogenated alkanes) is 1. The van der Waals surface area contributed by atoms with Gasteiger partial charge in [0.05, 0.1) is 16.7 Å². The van der Waals surface area contributed by atoms with E-state index in [9.17, 15) is 19.2 Å². The highest BCUT2D eigenvalue weighted by Crippen LogP contribution is 2.24. The zero-order chi connectivity index (χ0) is 22.4. The monoisotopic (exact) mass is 422 g/mol. The summed E-state index contributed by atoms with van der Waals surface area (Å²) in [5.41, 5.74) is 1.70. The lowest BCUT2D eigenvalue weighted by atomic mass is 10.0. The van der Waals surface area contributed by atoms with Gasteiger partial charge < -0.3 is 10.1 Å². The highest BCUT2D eigenvalue weighted by Gasteiger charge is 2.35. The standard InChI is InChI=1S/C24H26N2O5/c1-3-4-12-26-22(28)19-11-10-18(13-20(19)23(26)29)24(30)31-15-21(27)25-14-16(2)17-8-6-5-7-9-17/h5-11,13,16H,3-4,12,14-15H2,1-2H3,(H,25,27)/t16-/m1/s1. The summed E-state index contributed by atoms with van der Waals surface area (Å²) in [5, 5.41) is 2.75. The first-order valence-corrected chi connectivity index (χ1v) is 10.4. The summed E-state index contributed by atoms with van der Waals surface area (Å²) in [7, 11) is 0. The largest absolute Gasteiger partial charge is 0.452 e. The van der Waals surface area contributed by atoms with Crippen molar-refractivity contribution in [1.82, 2.24) is 10.2 Å². The summed E-state index contributed by atoms with van der Waals surface area (Å²) in [6.07, 6.45) is 1.58. The average molecular weight is 422 g/mol. The van der Waals surface area contributed by atoms with Crippen molar-refractivity contribution in [3.8, 4) is 0 Å². The van der Waals surface area contributed by atoms with Crippen molar-refractivity contribution in [2.45, 2.75) is 32.6 Å². The van der Waals surface area contributed by atoms with E-state index in [0.717, 1.165) is 18.4 Å². The molecule has 0 fully saturated rings. The molecule has 31 heavy (non-hydrogen) atoms. The number of amides is 3. The van der Waals surface area contributed by atoms with E-state index in [1.54, 1.807) is 0 Å². The first-order valence-electron chi connectivity index (χ1n) is 10.4. The molecule has 0 aliphatic carbocycles. The van der Waals surface area contributed by atoms with E-state index in [-0.39, 0.29) is 28.5 Å². The Balaban J connectivity index is 1.54. The fourth-order valence-corrected chi connectivity index (χ4v) is 3.37.